The fourth-order valence-electron chi connectivity index (χ4n) is 3.06. The first kappa shape index (κ1) is 23.6. The van der Waals surface area contributed by atoms with E-state index in [4.69, 9.17) is 14.2 Å². The summed E-state index contributed by atoms with van der Waals surface area (Å²) in [4.78, 5) is 37.3. The molecular weight excluding hydrogens is 424 g/mol. The van der Waals surface area contributed by atoms with Crippen LogP contribution in [0.15, 0.2) is 66.5 Å². The molecule has 0 unspecified atom stereocenters. The topological polar surface area (TPSA) is 95.9 Å². The lowest BCUT2D eigenvalue weighted by atomic mass is 10.1. The van der Waals surface area contributed by atoms with Crippen molar-refractivity contribution < 1.29 is 28.6 Å². The number of hydrogen-bond donors (Lipinski definition) is 1. The molecule has 1 heterocycles. The Balaban J connectivity index is 1.89. The van der Waals surface area contributed by atoms with Crippen molar-refractivity contribution in [2.45, 2.75) is 33.0 Å². The number of benzene rings is 2. The maximum Gasteiger partial charge on any atom is 0.419 e. The number of fused-ring (bicyclic) bond motifs is 1. The fraction of sp³-hybridized carbons (Fsp3) is 0.240. The number of hydrogen-bond acceptors (Lipinski definition) is 6. The molecule has 3 rings (SSSR count). The summed E-state index contributed by atoms with van der Waals surface area (Å²) in [5.74, 6) is -0.763. The smallest absolute Gasteiger partial charge is 0.419 e. The number of esters is 1. The van der Waals surface area contributed by atoms with Crippen molar-refractivity contribution in [3.05, 3.63) is 77.6 Å². The number of para-hydroxylation sites is 1. The number of aromatic nitrogens is 1. The van der Waals surface area contributed by atoms with Gasteiger partial charge in [-0.2, -0.15) is 0 Å². The van der Waals surface area contributed by atoms with Gasteiger partial charge in [0, 0.05) is 17.1 Å². The molecule has 8 nitrogen and oxygen atoms in total. The summed E-state index contributed by atoms with van der Waals surface area (Å²) in [5.41, 5.74) is 1.09. The van der Waals surface area contributed by atoms with Gasteiger partial charge in [-0.1, -0.05) is 48.5 Å². The summed E-state index contributed by atoms with van der Waals surface area (Å²) in [7, 11) is 1.21. The Hall–Kier alpha value is -4.07. The second-order valence-electron chi connectivity index (χ2n) is 8.19. The van der Waals surface area contributed by atoms with E-state index in [1.807, 2.05) is 30.3 Å². The average Bonchev–Trinajstić information content (AvgIpc) is 3.15. The highest BCUT2D eigenvalue weighted by atomic mass is 16.6. The SMILES string of the molecule is COC(=O)/C(=C/c1cn(C(=O)OC(C)(C)C)c2ccccc12)NC(=O)OCc1ccccc1. The number of amides is 1. The van der Waals surface area contributed by atoms with Gasteiger partial charge in [0.25, 0.3) is 0 Å². The van der Waals surface area contributed by atoms with Gasteiger partial charge >= 0.3 is 18.2 Å². The molecule has 33 heavy (non-hydrogen) atoms. The van der Waals surface area contributed by atoms with E-state index in [1.54, 1.807) is 51.2 Å². The van der Waals surface area contributed by atoms with Crippen molar-refractivity contribution >= 4 is 35.1 Å². The minimum atomic E-state index is -0.814. The Morgan fingerprint density at radius 2 is 1.67 bits per heavy atom. The number of methoxy groups -OCH3 is 1. The molecule has 0 fully saturated rings. The molecule has 0 atom stereocenters. The lowest BCUT2D eigenvalue weighted by molar-refractivity contribution is -0.136. The van der Waals surface area contributed by atoms with Crippen LogP contribution in [0.5, 0.6) is 0 Å². The standard InChI is InChI=1S/C25H26N2O6/c1-25(2,3)33-24(30)27-15-18(19-12-8-9-13-21(19)27)14-20(22(28)31-4)26-23(29)32-16-17-10-6-5-7-11-17/h5-15H,16H2,1-4H3,(H,26,29)/b20-14-. The fourth-order valence-corrected chi connectivity index (χ4v) is 3.06. The monoisotopic (exact) mass is 450 g/mol. The second kappa shape index (κ2) is 10.0. The van der Waals surface area contributed by atoms with Crippen molar-refractivity contribution in [2.75, 3.05) is 7.11 Å². The highest BCUT2D eigenvalue weighted by Crippen LogP contribution is 2.25. The molecule has 1 aromatic heterocycles. The number of carbonyl (C=O) groups excluding carboxylic acids is 3. The third-order valence-corrected chi connectivity index (χ3v) is 4.49. The van der Waals surface area contributed by atoms with E-state index in [-0.39, 0.29) is 12.3 Å². The van der Waals surface area contributed by atoms with Gasteiger partial charge in [-0.3, -0.25) is 9.88 Å². The highest BCUT2D eigenvalue weighted by molar-refractivity contribution is 6.01. The molecule has 0 aliphatic rings. The van der Waals surface area contributed by atoms with Crippen LogP contribution in [-0.2, 0) is 25.6 Å². The van der Waals surface area contributed by atoms with E-state index in [1.165, 1.54) is 17.8 Å². The van der Waals surface area contributed by atoms with Crippen LogP contribution in [0.25, 0.3) is 17.0 Å². The highest BCUT2D eigenvalue weighted by Gasteiger charge is 2.21. The Kier molecular flexibility index (Phi) is 7.17. The molecule has 0 saturated heterocycles. The van der Waals surface area contributed by atoms with Crippen molar-refractivity contribution in [3.8, 4) is 0 Å². The van der Waals surface area contributed by atoms with Crippen LogP contribution in [0.2, 0.25) is 0 Å². The maximum absolute atomic E-state index is 12.7. The summed E-state index contributed by atoms with van der Waals surface area (Å²) < 4.78 is 16.8. The van der Waals surface area contributed by atoms with Crippen LogP contribution in [0.3, 0.4) is 0 Å². The Morgan fingerprint density at radius 3 is 2.33 bits per heavy atom. The molecule has 0 spiro atoms. The van der Waals surface area contributed by atoms with Crippen LogP contribution < -0.4 is 5.32 Å². The predicted octanol–water partition coefficient (Wildman–Crippen LogP) is 4.86. The maximum atomic E-state index is 12.7. The zero-order chi connectivity index (χ0) is 24.0. The molecule has 3 aromatic rings. The Bertz CT molecular complexity index is 1190. The first-order chi connectivity index (χ1) is 15.7. The minimum Gasteiger partial charge on any atom is -0.464 e. The van der Waals surface area contributed by atoms with Gasteiger partial charge in [-0.05, 0) is 38.5 Å². The van der Waals surface area contributed by atoms with Crippen LogP contribution in [0.4, 0.5) is 9.59 Å². The van der Waals surface area contributed by atoms with Crippen molar-refractivity contribution in [2.24, 2.45) is 0 Å². The normalized spacial score (nSPS) is 11.7. The summed E-state index contributed by atoms with van der Waals surface area (Å²) >= 11 is 0. The van der Waals surface area contributed by atoms with E-state index >= 15 is 0 Å². The Labute approximate surface area is 191 Å². The number of nitrogens with zero attached hydrogens (tertiary/aromatic N) is 1. The third kappa shape index (κ3) is 6.22. The van der Waals surface area contributed by atoms with E-state index in [9.17, 15) is 14.4 Å². The molecule has 2 aromatic carbocycles. The number of nitrogens with one attached hydrogen (secondary N) is 1. The molecule has 1 N–H and O–H groups in total. The van der Waals surface area contributed by atoms with Crippen molar-refractivity contribution in [1.29, 1.82) is 0 Å². The van der Waals surface area contributed by atoms with Gasteiger partial charge in [0.2, 0.25) is 0 Å². The lowest BCUT2D eigenvalue weighted by Crippen LogP contribution is -2.28. The molecule has 172 valence electrons. The van der Waals surface area contributed by atoms with Gasteiger partial charge in [-0.25, -0.2) is 14.4 Å². The molecule has 8 heteroatoms. The number of alkyl carbamates (subject to hydrolysis) is 1. The summed E-state index contributed by atoms with van der Waals surface area (Å²) in [6.45, 7) is 5.37. The minimum absolute atomic E-state index is 0.0408. The number of ether oxygens (including phenoxy) is 3. The average molecular weight is 450 g/mol. The van der Waals surface area contributed by atoms with Crippen LogP contribution in [-0.4, -0.2) is 35.4 Å². The zero-order valence-corrected chi connectivity index (χ0v) is 19.0. The van der Waals surface area contributed by atoms with Crippen molar-refractivity contribution in [3.63, 3.8) is 0 Å². The van der Waals surface area contributed by atoms with Gasteiger partial charge < -0.3 is 14.2 Å². The Morgan fingerprint density at radius 1 is 1.00 bits per heavy atom. The molecule has 0 bridgehead atoms. The first-order valence-electron chi connectivity index (χ1n) is 10.3. The quantitative estimate of drug-likeness (QED) is 0.339. The molecule has 0 radical (unpaired) electrons. The van der Waals surface area contributed by atoms with Gasteiger partial charge in [0.05, 0.1) is 12.6 Å². The second-order valence-corrected chi connectivity index (χ2v) is 8.19. The van der Waals surface area contributed by atoms with Crippen molar-refractivity contribution in [1.82, 2.24) is 9.88 Å². The van der Waals surface area contributed by atoms with E-state index < -0.39 is 23.8 Å². The van der Waals surface area contributed by atoms with Gasteiger partial charge in [0.1, 0.15) is 17.9 Å². The van der Waals surface area contributed by atoms with E-state index in [0.29, 0.717) is 16.5 Å². The van der Waals surface area contributed by atoms with E-state index in [2.05, 4.69) is 5.32 Å². The van der Waals surface area contributed by atoms with Gasteiger partial charge in [-0.15, -0.1) is 0 Å². The molecular formula is C25H26N2O6. The zero-order valence-electron chi connectivity index (χ0n) is 19.0. The molecule has 0 saturated carbocycles. The molecule has 0 aliphatic carbocycles. The van der Waals surface area contributed by atoms with E-state index in [0.717, 1.165) is 5.56 Å². The molecule has 0 aliphatic heterocycles. The van der Waals surface area contributed by atoms with Gasteiger partial charge in [0.15, 0.2) is 0 Å². The third-order valence-electron chi connectivity index (χ3n) is 4.49. The lowest BCUT2D eigenvalue weighted by Gasteiger charge is -2.19. The summed E-state index contributed by atoms with van der Waals surface area (Å²) in [5, 5.41) is 3.11. The largest absolute Gasteiger partial charge is 0.464 e. The summed E-state index contributed by atoms with van der Waals surface area (Å²) in [6, 6.07) is 16.3. The number of carbonyl (C=O) groups is 3. The van der Waals surface area contributed by atoms with Crippen LogP contribution >= 0.6 is 0 Å². The molecule has 1 amide bonds. The number of rotatable bonds is 5. The predicted molar refractivity (Wildman–Crippen MR) is 123 cm³/mol. The van der Waals surface area contributed by atoms with Crippen LogP contribution in [0.1, 0.15) is 31.9 Å². The van der Waals surface area contributed by atoms with Crippen LogP contribution in [0, 0.1) is 0 Å². The first-order valence-corrected chi connectivity index (χ1v) is 10.3. The summed E-state index contributed by atoms with van der Waals surface area (Å²) in [6.07, 6.45) is 1.59.